The smallest absolute Gasteiger partial charge is 0.427 e. The van der Waals surface area contributed by atoms with Gasteiger partial charge in [-0.1, -0.05) is 12.1 Å². The number of nitrogens with one attached hydrogen (secondary N) is 1. The number of carbonyl (C=O) groups is 2. The van der Waals surface area contributed by atoms with Crippen LogP contribution in [-0.2, 0) is 4.79 Å². The van der Waals surface area contributed by atoms with Crippen LogP contribution in [0.4, 0.5) is 17.6 Å². The second kappa shape index (κ2) is 7.90. The molecule has 1 aliphatic heterocycles. The molecule has 1 fully saturated rings. The molecule has 1 aliphatic rings. The highest BCUT2D eigenvalue weighted by molar-refractivity contribution is 6.00. The molecule has 6 nitrogen and oxygen atoms in total. The average molecular weight is 377 g/mol. The number of likely N-dealkylation sites (tertiary alicyclic amines) is 1. The molecule has 0 spiro atoms. The summed E-state index contributed by atoms with van der Waals surface area (Å²) in [4.78, 5) is 26.0. The summed E-state index contributed by atoms with van der Waals surface area (Å²) in [6.07, 6.45) is -8.61. The van der Waals surface area contributed by atoms with Crippen molar-refractivity contribution < 1.29 is 31.9 Å². The topological polar surface area (TPSA) is 84.7 Å². The third-order valence-electron chi connectivity index (χ3n) is 3.87. The average Bonchev–Trinajstić information content (AvgIpc) is 2.96. The van der Waals surface area contributed by atoms with Crippen molar-refractivity contribution in [3.05, 3.63) is 29.8 Å². The lowest BCUT2D eigenvalue weighted by Gasteiger charge is -2.25. The van der Waals surface area contributed by atoms with E-state index < -0.39 is 42.2 Å². The van der Waals surface area contributed by atoms with Gasteiger partial charge < -0.3 is 20.7 Å². The van der Waals surface area contributed by atoms with Crippen LogP contribution in [-0.4, -0.2) is 54.4 Å². The monoisotopic (exact) mass is 377 g/mol. The number of nitrogens with zero attached hydrogens (tertiary/aromatic N) is 1. The summed E-state index contributed by atoms with van der Waals surface area (Å²) in [5, 5.41) is 2.57. The fourth-order valence-corrected chi connectivity index (χ4v) is 2.71. The van der Waals surface area contributed by atoms with Crippen LogP contribution in [0.25, 0.3) is 0 Å². The van der Waals surface area contributed by atoms with Crippen molar-refractivity contribution in [3.63, 3.8) is 0 Å². The predicted octanol–water partition coefficient (Wildman–Crippen LogP) is 1.60. The van der Waals surface area contributed by atoms with Gasteiger partial charge in [-0.05, 0) is 25.5 Å². The molecule has 144 valence electrons. The van der Waals surface area contributed by atoms with Gasteiger partial charge in [-0.3, -0.25) is 9.59 Å². The Morgan fingerprint density at radius 3 is 2.65 bits per heavy atom. The van der Waals surface area contributed by atoms with Crippen LogP contribution in [0.2, 0.25) is 0 Å². The zero-order valence-electron chi connectivity index (χ0n) is 13.9. The predicted molar refractivity (Wildman–Crippen MR) is 84.1 cm³/mol. The summed E-state index contributed by atoms with van der Waals surface area (Å²) >= 11 is 0. The van der Waals surface area contributed by atoms with Crippen LogP contribution in [0, 0.1) is 0 Å². The lowest BCUT2D eigenvalue weighted by Crippen LogP contribution is -2.46. The summed E-state index contributed by atoms with van der Waals surface area (Å²) < 4.78 is 55.4. The molecule has 1 heterocycles. The van der Waals surface area contributed by atoms with Gasteiger partial charge in [0.15, 0.2) is 0 Å². The van der Waals surface area contributed by atoms with Crippen molar-refractivity contribution in [1.82, 2.24) is 10.2 Å². The minimum Gasteiger partial charge on any atom is -0.427 e. The second-order valence-electron chi connectivity index (χ2n) is 5.82. The van der Waals surface area contributed by atoms with E-state index >= 15 is 0 Å². The molecule has 1 aromatic rings. The number of hydrogen-bond donors (Lipinski definition) is 2. The summed E-state index contributed by atoms with van der Waals surface area (Å²) in [7, 11) is 0. The molecule has 3 N–H and O–H groups in total. The van der Waals surface area contributed by atoms with Crippen LogP contribution in [0.1, 0.15) is 23.7 Å². The van der Waals surface area contributed by atoms with E-state index in [4.69, 9.17) is 5.73 Å². The highest BCUT2D eigenvalue weighted by Gasteiger charge is 2.45. The zero-order valence-corrected chi connectivity index (χ0v) is 13.9. The van der Waals surface area contributed by atoms with Gasteiger partial charge in [-0.2, -0.15) is 17.6 Å². The van der Waals surface area contributed by atoms with E-state index in [1.807, 2.05) is 0 Å². The molecule has 2 rings (SSSR count). The molecular weight excluding hydrogens is 358 g/mol. The van der Waals surface area contributed by atoms with Gasteiger partial charge in [0.1, 0.15) is 11.8 Å². The van der Waals surface area contributed by atoms with E-state index in [9.17, 15) is 27.2 Å². The molecular formula is C16H19F4N3O3. The molecule has 2 atom stereocenters. The van der Waals surface area contributed by atoms with Crippen LogP contribution in [0.5, 0.6) is 5.75 Å². The fourth-order valence-electron chi connectivity index (χ4n) is 2.71. The third-order valence-corrected chi connectivity index (χ3v) is 3.87. The van der Waals surface area contributed by atoms with Gasteiger partial charge in [0.05, 0.1) is 5.56 Å². The number of para-hydroxylation sites is 1. The number of halogens is 4. The normalized spacial score (nSPS) is 20.3. The highest BCUT2D eigenvalue weighted by atomic mass is 19.3. The molecule has 0 unspecified atom stereocenters. The number of nitrogens with two attached hydrogens (primary N) is 1. The maximum atomic E-state index is 13.2. The van der Waals surface area contributed by atoms with Gasteiger partial charge in [-0.15, -0.1) is 0 Å². The third kappa shape index (κ3) is 4.24. The molecule has 2 amide bonds. The maximum absolute atomic E-state index is 13.2. The molecule has 0 saturated carbocycles. The Morgan fingerprint density at radius 2 is 2.04 bits per heavy atom. The molecule has 0 aromatic heterocycles. The van der Waals surface area contributed by atoms with Crippen molar-refractivity contribution in [3.8, 4) is 5.75 Å². The van der Waals surface area contributed by atoms with E-state index in [1.54, 1.807) is 6.92 Å². The van der Waals surface area contributed by atoms with Gasteiger partial charge in [0.2, 0.25) is 5.91 Å². The number of benzene rings is 1. The second-order valence-corrected chi connectivity index (χ2v) is 5.82. The fraction of sp³-hybridized carbons (Fsp3) is 0.500. The maximum Gasteiger partial charge on any atom is 0.461 e. The van der Waals surface area contributed by atoms with Gasteiger partial charge in [-0.25, -0.2) is 0 Å². The number of likely N-dealkylation sites (N-methyl/N-ethyl adjacent to an activating group) is 1. The van der Waals surface area contributed by atoms with Crippen LogP contribution < -0.4 is 15.8 Å². The van der Waals surface area contributed by atoms with Crippen molar-refractivity contribution in [2.24, 2.45) is 5.73 Å². The first-order chi connectivity index (χ1) is 12.2. The van der Waals surface area contributed by atoms with Gasteiger partial charge in [0.25, 0.3) is 5.91 Å². The number of hydrogen-bond acceptors (Lipinski definition) is 4. The number of ether oxygens (including phenoxy) is 1. The quantitative estimate of drug-likeness (QED) is 0.738. The Kier molecular flexibility index (Phi) is 6.06. The highest BCUT2D eigenvalue weighted by Crippen LogP contribution is 2.31. The lowest BCUT2D eigenvalue weighted by atomic mass is 10.1. The largest absolute Gasteiger partial charge is 0.461 e. The van der Waals surface area contributed by atoms with Crippen LogP contribution in [0.15, 0.2) is 24.3 Å². The molecule has 0 aliphatic carbocycles. The zero-order chi connectivity index (χ0) is 19.5. The minimum atomic E-state index is -4.75. The molecule has 0 bridgehead atoms. The van der Waals surface area contributed by atoms with Gasteiger partial charge >= 0.3 is 12.5 Å². The standard InChI is InChI=1S/C16H19F4N3O3/c1-2-22-13(24)11-7-9(21)8-23(11)14(25)10-5-3-4-6-12(10)26-16(19,20)15(17)18/h3-6,9,11,15H,2,7-8,21H2,1H3,(H,22,24)/t9-,11-/m0/s1. The SMILES string of the molecule is CCNC(=O)[C@@H]1C[C@H](N)CN1C(=O)c1ccccc1OC(F)(F)C(F)F. The first kappa shape index (κ1) is 20.0. The number of amides is 2. The van der Waals surface area contributed by atoms with Gasteiger partial charge in [0, 0.05) is 19.1 Å². The summed E-state index contributed by atoms with van der Waals surface area (Å²) in [5.41, 5.74) is 5.47. The first-order valence-corrected chi connectivity index (χ1v) is 7.95. The minimum absolute atomic E-state index is 0.0280. The first-order valence-electron chi connectivity index (χ1n) is 7.95. The molecule has 1 aromatic carbocycles. The van der Waals surface area contributed by atoms with Crippen LogP contribution in [0.3, 0.4) is 0 Å². The number of carbonyl (C=O) groups excluding carboxylic acids is 2. The van der Waals surface area contributed by atoms with E-state index in [1.165, 1.54) is 12.1 Å². The summed E-state index contributed by atoms with van der Waals surface area (Å²) in [6.45, 7) is 2.07. The van der Waals surface area contributed by atoms with Crippen molar-refractivity contribution in [2.45, 2.75) is 38.0 Å². The summed E-state index contributed by atoms with van der Waals surface area (Å²) in [6, 6.07) is 3.45. The molecule has 26 heavy (non-hydrogen) atoms. The van der Waals surface area contributed by atoms with E-state index in [2.05, 4.69) is 10.1 Å². The summed E-state index contributed by atoms with van der Waals surface area (Å²) in [5.74, 6) is -1.92. The Bertz CT molecular complexity index is 672. The molecule has 10 heteroatoms. The number of rotatable bonds is 6. The lowest BCUT2D eigenvalue weighted by molar-refractivity contribution is -0.253. The van der Waals surface area contributed by atoms with E-state index in [0.717, 1.165) is 17.0 Å². The van der Waals surface area contributed by atoms with Crippen molar-refractivity contribution >= 4 is 11.8 Å². The van der Waals surface area contributed by atoms with E-state index in [-0.39, 0.29) is 18.5 Å². The van der Waals surface area contributed by atoms with Crippen molar-refractivity contribution in [2.75, 3.05) is 13.1 Å². The Hall–Kier alpha value is -2.36. The van der Waals surface area contributed by atoms with E-state index in [0.29, 0.717) is 6.54 Å². The Labute approximate surface area is 147 Å². The number of alkyl halides is 4. The molecule has 1 saturated heterocycles. The van der Waals surface area contributed by atoms with Crippen LogP contribution >= 0.6 is 0 Å². The Balaban J connectivity index is 2.30. The van der Waals surface area contributed by atoms with Crippen molar-refractivity contribution in [1.29, 1.82) is 0 Å². The Morgan fingerprint density at radius 1 is 1.38 bits per heavy atom. The molecule has 0 radical (unpaired) electrons.